The molecule has 0 saturated carbocycles. The molecule has 1 aliphatic rings. The van der Waals surface area contributed by atoms with Crippen molar-refractivity contribution in [3.63, 3.8) is 0 Å². The average molecular weight is 714 g/mol. The highest BCUT2D eigenvalue weighted by atomic mass is 32.1. The van der Waals surface area contributed by atoms with Crippen molar-refractivity contribution < 1.29 is 4.42 Å². The maximum Gasteiger partial charge on any atom is 0.144 e. The Balaban J connectivity index is 1.17. The summed E-state index contributed by atoms with van der Waals surface area (Å²) in [6.45, 7) is 4.73. The van der Waals surface area contributed by atoms with E-state index in [2.05, 4.69) is 170 Å². The molecule has 0 amide bonds. The lowest BCUT2D eigenvalue weighted by Gasteiger charge is -2.29. The molecule has 0 N–H and O–H groups in total. The Morgan fingerprint density at radius 2 is 1.11 bits per heavy atom. The Kier molecular flexibility index (Phi) is 5.91. The standard InChI is InChI=1S/C49H31NOS2/c1-49(2)38-14-7-5-12-32(38)33-22-19-29(26-39(33)49)50(30-20-23-35-34-13-6-8-16-41(34)52-44(35)27-30)40-15-9-17-42-45(40)46-43(53-42)25-24-37-36-21-18-28-10-3-4-11-31(28)47(36)51-48(37)46/h3-27H,1-2H3. The quantitative estimate of drug-likeness (QED) is 0.181. The van der Waals surface area contributed by atoms with Crippen LogP contribution in [0.15, 0.2) is 156 Å². The summed E-state index contributed by atoms with van der Waals surface area (Å²) in [6, 6.07) is 56.1. The van der Waals surface area contributed by atoms with Crippen molar-refractivity contribution in [2.24, 2.45) is 0 Å². The molecular weight excluding hydrogens is 683 g/mol. The molecule has 2 nitrogen and oxygen atoms in total. The van der Waals surface area contributed by atoms with Gasteiger partial charge in [-0.25, -0.2) is 0 Å². The van der Waals surface area contributed by atoms with Gasteiger partial charge >= 0.3 is 0 Å². The second kappa shape index (κ2) is 10.6. The van der Waals surface area contributed by atoms with Crippen LogP contribution in [-0.2, 0) is 5.41 Å². The van der Waals surface area contributed by atoms with Crippen LogP contribution < -0.4 is 4.90 Å². The molecule has 4 heteroatoms. The number of hydrogen-bond acceptors (Lipinski definition) is 4. The van der Waals surface area contributed by atoms with Gasteiger partial charge in [0.25, 0.3) is 0 Å². The molecule has 3 heterocycles. The van der Waals surface area contributed by atoms with E-state index < -0.39 is 0 Å². The van der Waals surface area contributed by atoms with Crippen LogP contribution in [0.2, 0.25) is 0 Å². The van der Waals surface area contributed by atoms with Gasteiger partial charge in [-0.3, -0.25) is 0 Å². The molecule has 250 valence electrons. The van der Waals surface area contributed by atoms with E-state index in [-0.39, 0.29) is 5.41 Å². The first-order valence-electron chi connectivity index (χ1n) is 18.2. The van der Waals surface area contributed by atoms with Crippen LogP contribution in [0, 0.1) is 0 Å². The van der Waals surface area contributed by atoms with Gasteiger partial charge in [0.15, 0.2) is 0 Å². The summed E-state index contributed by atoms with van der Waals surface area (Å²) in [5.74, 6) is 0. The number of benzene rings is 8. The van der Waals surface area contributed by atoms with Crippen molar-refractivity contribution in [3.8, 4) is 11.1 Å². The summed E-state index contributed by atoms with van der Waals surface area (Å²) in [4.78, 5) is 2.49. The highest BCUT2D eigenvalue weighted by molar-refractivity contribution is 7.26. The van der Waals surface area contributed by atoms with Crippen molar-refractivity contribution in [2.75, 3.05) is 4.90 Å². The minimum absolute atomic E-state index is 0.118. The lowest BCUT2D eigenvalue weighted by molar-refractivity contribution is 0.660. The fraction of sp³-hybridized carbons (Fsp3) is 0.0612. The van der Waals surface area contributed by atoms with Crippen molar-refractivity contribution in [3.05, 3.63) is 163 Å². The van der Waals surface area contributed by atoms with Crippen molar-refractivity contribution >= 4 is 113 Å². The maximum atomic E-state index is 7.00. The zero-order valence-electron chi connectivity index (χ0n) is 29.1. The van der Waals surface area contributed by atoms with Gasteiger partial charge in [0.1, 0.15) is 11.2 Å². The molecule has 0 bridgehead atoms. The van der Waals surface area contributed by atoms with E-state index in [9.17, 15) is 0 Å². The molecule has 12 rings (SSSR count). The van der Waals surface area contributed by atoms with Gasteiger partial charge in [0.05, 0.1) is 5.69 Å². The third kappa shape index (κ3) is 4.02. The van der Waals surface area contributed by atoms with Crippen LogP contribution in [0.25, 0.3) is 84.2 Å². The fourth-order valence-electron chi connectivity index (χ4n) is 9.14. The van der Waals surface area contributed by atoms with Gasteiger partial charge in [-0.1, -0.05) is 105 Å². The lowest BCUT2D eigenvalue weighted by atomic mass is 9.82. The van der Waals surface area contributed by atoms with Crippen LogP contribution in [0.4, 0.5) is 17.1 Å². The average Bonchev–Trinajstić information content (AvgIpc) is 3.93. The highest BCUT2D eigenvalue weighted by Crippen LogP contribution is 2.53. The second-order valence-corrected chi connectivity index (χ2v) is 17.0. The van der Waals surface area contributed by atoms with Crippen molar-refractivity contribution in [1.82, 2.24) is 0 Å². The largest absolute Gasteiger partial charge is 0.455 e. The van der Waals surface area contributed by atoms with Crippen LogP contribution >= 0.6 is 22.7 Å². The number of nitrogens with zero attached hydrogens (tertiary/aromatic N) is 1. The number of rotatable bonds is 3. The van der Waals surface area contributed by atoms with Gasteiger partial charge in [-0.15, -0.1) is 22.7 Å². The summed E-state index contributed by atoms with van der Waals surface area (Å²) in [5, 5.41) is 9.67. The van der Waals surface area contributed by atoms with Gasteiger partial charge in [-0.2, -0.15) is 0 Å². The van der Waals surface area contributed by atoms with Gasteiger partial charge in [0.2, 0.25) is 0 Å². The molecule has 0 unspecified atom stereocenters. The Hall–Kier alpha value is -5.94. The minimum atomic E-state index is -0.118. The molecule has 53 heavy (non-hydrogen) atoms. The monoisotopic (exact) mass is 713 g/mol. The molecule has 8 aromatic carbocycles. The van der Waals surface area contributed by atoms with Crippen molar-refractivity contribution in [1.29, 1.82) is 0 Å². The third-order valence-electron chi connectivity index (χ3n) is 11.7. The zero-order chi connectivity index (χ0) is 35.0. The predicted octanol–water partition coefficient (Wildman–Crippen LogP) is 15.3. The number of furan rings is 1. The molecule has 0 atom stereocenters. The maximum absolute atomic E-state index is 7.00. The summed E-state index contributed by atoms with van der Waals surface area (Å²) in [7, 11) is 0. The summed E-state index contributed by atoms with van der Waals surface area (Å²) >= 11 is 3.71. The van der Waals surface area contributed by atoms with E-state index in [4.69, 9.17) is 4.42 Å². The molecule has 0 aliphatic heterocycles. The first kappa shape index (κ1) is 29.6. The Morgan fingerprint density at radius 3 is 2.06 bits per heavy atom. The molecular formula is C49H31NOS2. The fourth-order valence-corrected chi connectivity index (χ4v) is 11.4. The van der Waals surface area contributed by atoms with E-state index in [0.717, 1.165) is 44.4 Å². The van der Waals surface area contributed by atoms with E-state index in [1.165, 1.54) is 68.0 Å². The van der Waals surface area contributed by atoms with Crippen molar-refractivity contribution in [2.45, 2.75) is 19.3 Å². The first-order chi connectivity index (χ1) is 26.0. The third-order valence-corrected chi connectivity index (χ3v) is 13.9. The van der Waals surface area contributed by atoms with Crippen LogP contribution in [0.5, 0.6) is 0 Å². The minimum Gasteiger partial charge on any atom is -0.455 e. The molecule has 0 saturated heterocycles. The highest BCUT2D eigenvalue weighted by Gasteiger charge is 2.36. The second-order valence-electron chi connectivity index (χ2n) is 14.8. The number of thiophene rings is 2. The van der Waals surface area contributed by atoms with Crippen LogP contribution in [-0.4, -0.2) is 0 Å². The first-order valence-corrected chi connectivity index (χ1v) is 19.8. The van der Waals surface area contributed by atoms with E-state index in [1.54, 1.807) is 0 Å². The van der Waals surface area contributed by atoms with Crippen LogP contribution in [0.3, 0.4) is 0 Å². The molecule has 0 fully saturated rings. The Bertz CT molecular complexity index is 3340. The zero-order valence-corrected chi connectivity index (χ0v) is 30.7. The Labute approximate surface area is 313 Å². The predicted molar refractivity (Wildman–Crippen MR) is 229 cm³/mol. The van der Waals surface area contributed by atoms with E-state index in [0.29, 0.717) is 0 Å². The van der Waals surface area contributed by atoms with Crippen LogP contribution in [0.1, 0.15) is 25.0 Å². The van der Waals surface area contributed by atoms with E-state index >= 15 is 0 Å². The van der Waals surface area contributed by atoms with E-state index in [1.807, 2.05) is 22.7 Å². The molecule has 0 radical (unpaired) electrons. The van der Waals surface area contributed by atoms with Gasteiger partial charge < -0.3 is 9.32 Å². The number of hydrogen-bond donors (Lipinski definition) is 0. The SMILES string of the molecule is CC1(C)c2ccccc2-c2ccc(N(c3ccc4c(c3)sc3ccccc34)c3cccc4sc5ccc6c7ccc8ccccc8c7oc6c5c34)cc21. The number of fused-ring (bicyclic) bond motifs is 15. The summed E-state index contributed by atoms with van der Waals surface area (Å²) in [5.41, 5.74) is 10.6. The topological polar surface area (TPSA) is 16.4 Å². The normalized spacial score (nSPS) is 13.6. The molecule has 0 spiro atoms. The van der Waals surface area contributed by atoms with Gasteiger partial charge in [-0.05, 0) is 88.3 Å². The summed E-state index contributed by atoms with van der Waals surface area (Å²) < 4.78 is 12.1. The lowest BCUT2D eigenvalue weighted by Crippen LogP contribution is -2.16. The Morgan fingerprint density at radius 1 is 0.453 bits per heavy atom. The smallest absolute Gasteiger partial charge is 0.144 e. The molecule has 1 aliphatic carbocycles. The van der Waals surface area contributed by atoms with Gasteiger partial charge in [0, 0.05) is 73.3 Å². The summed E-state index contributed by atoms with van der Waals surface area (Å²) in [6.07, 6.45) is 0. The molecule has 11 aromatic rings. The molecule has 3 aromatic heterocycles. The number of anilines is 3.